The number of hydrogen-bond acceptors (Lipinski definition) is 3. The Morgan fingerprint density at radius 2 is 1.83 bits per heavy atom. The Morgan fingerprint density at radius 3 is 2.35 bits per heavy atom. The van der Waals surface area contributed by atoms with Gasteiger partial charge in [0.25, 0.3) is 0 Å². The van der Waals surface area contributed by atoms with Gasteiger partial charge in [0.2, 0.25) is 0 Å². The van der Waals surface area contributed by atoms with Crippen LogP contribution in [0.15, 0.2) is 42.0 Å². The summed E-state index contributed by atoms with van der Waals surface area (Å²) in [5.74, 6) is 0. The van der Waals surface area contributed by atoms with Crippen LogP contribution in [0, 0.1) is 0 Å². The second kappa shape index (κ2) is 8.24. The van der Waals surface area contributed by atoms with Crippen LogP contribution in [0.5, 0.6) is 0 Å². The van der Waals surface area contributed by atoms with E-state index in [-0.39, 0.29) is 5.25 Å². The highest BCUT2D eigenvalue weighted by molar-refractivity contribution is 7.99. The average Bonchev–Trinajstić information content (AvgIpc) is 2.52. The minimum atomic E-state index is -4.48. The quantitative estimate of drug-likeness (QED) is 0.704. The van der Waals surface area contributed by atoms with Gasteiger partial charge >= 0.3 is 6.18 Å². The van der Waals surface area contributed by atoms with E-state index < -0.39 is 18.0 Å². The van der Waals surface area contributed by atoms with Crippen LogP contribution in [0.2, 0.25) is 5.02 Å². The molecule has 1 saturated heterocycles. The van der Waals surface area contributed by atoms with E-state index in [0.717, 1.165) is 12.2 Å². The highest BCUT2D eigenvalue weighted by Gasteiger charge is 2.33. The van der Waals surface area contributed by atoms with Crippen LogP contribution >= 0.6 is 23.4 Å². The van der Waals surface area contributed by atoms with Gasteiger partial charge in [-0.1, -0.05) is 29.8 Å². The zero-order valence-corrected chi connectivity index (χ0v) is 13.9. The molecule has 1 aliphatic heterocycles. The molecule has 23 heavy (non-hydrogen) atoms. The fraction of sp³-hybridized carbons (Fsp3) is 0.375. The van der Waals surface area contributed by atoms with Crippen molar-refractivity contribution in [3.8, 4) is 0 Å². The van der Waals surface area contributed by atoms with Gasteiger partial charge < -0.3 is 9.47 Å². The van der Waals surface area contributed by atoms with Gasteiger partial charge in [0.1, 0.15) is 0 Å². The van der Waals surface area contributed by atoms with Gasteiger partial charge in [-0.05, 0) is 36.1 Å². The lowest BCUT2D eigenvalue weighted by Gasteiger charge is -2.27. The third kappa shape index (κ3) is 5.88. The first-order valence-electron chi connectivity index (χ1n) is 6.87. The summed E-state index contributed by atoms with van der Waals surface area (Å²) in [5.41, 5.74) is -0.183. The van der Waals surface area contributed by atoms with Gasteiger partial charge in [-0.25, -0.2) is 0 Å². The van der Waals surface area contributed by atoms with Crippen molar-refractivity contribution in [2.75, 3.05) is 19.5 Å². The van der Waals surface area contributed by atoms with Crippen molar-refractivity contribution in [1.29, 1.82) is 0 Å². The number of hydrogen-bond donors (Lipinski definition) is 0. The summed E-state index contributed by atoms with van der Waals surface area (Å²) in [6, 6.07) is 6.52. The number of allylic oxidation sites excluding steroid dienone is 2. The van der Waals surface area contributed by atoms with Gasteiger partial charge in [0.15, 0.2) is 6.29 Å². The molecule has 0 radical (unpaired) electrons. The molecular weight excluding hydrogens is 349 g/mol. The number of rotatable bonds is 4. The number of halogens is 4. The molecule has 1 aromatic carbocycles. The van der Waals surface area contributed by atoms with Crippen molar-refractivity contribution in [1.82, 2.24) is 0 Å². The van der Waals surface area contributed by atoms with Gasteiger partial charge in [-0.15, -0.1) is 0 Å². The molecule has 0 N–H and O–H groups in total. The van der Waals surface area contributed by atoms with E-state index in [9.17, 15) is 13.2 Å². The fourth-order valence-electron chi connectivity index (χ4n) is 1.88. The molecule has 1 fully saturated rings. The Bertz CT molecular complexity index is 562. The zero-order chi connectivity index (χ0) is 16.9. The topological polar surface area (TPSA) is 18.5 Å². The molecule has 0 saturated carbocycles. The maximum absolute atomic E-state index is 13.1. The maximum Gasteiger partial charge on any atom is 0.416 e. The molecule has 0 unspecified atom stereocenters. The van der Waals surface area contributed by atoms with E-state index in [4.69, 9.17) is 21.1 Å². The molecule has 0 aromatic heterocycles. The van der Waals surface area contributed by atoms with Crippen molar-refractivity contribution in [2.45, 2.75) is 17.7 Å². The Kier molecular flexibility index (Phi) is 6.59. The summed E-state index contributed by atoms with van der Waals surface area (Å²) in [5, 5.41) is 0.680. The maximum atomic E-state index is 13.1. The number of ether oxygens (including phenoxy) is 2. The normalized spacial score (nSPS) is 23.4. The first-order chi connectivity index (χ1) is 10.9. The molecule has 2 rings (SSSR count). The first kappa shape index (κ1) is 18.4. The molecule has 0 atom stereocenters. The minimum absolute atomic E-state index is 0.151. The van der Waals surface area contributed by atoms with Crippen molar-refractivity contribution in [3.05, 3.63) is 52.6 Å². The number of benzene rings is 1. The molecule has 1 aromatic rings. The van der Waals surface area contributed by atoms with E-state index in [0.29, 0.717) is 23.8 Å². The summed E-state index contributed by atoms with van der Waals surface area (Å²) in [6.07, 6.45) is -0.205. The SMILES string of the molecule is CSC1COC(C=C(C=Cc2ccc(Cl)cc2)C(F)(F)F)OC1. The molecule has 2 nitrogen and oxygen atoms in total. The molecule has 1 heterocycles. The minimum Gasteiger partial charge on any atom is -0.348 e. The molecule has 126 valence electrons. The Hall–Kier alpha value is -0.950. The average molecular weight is 365 g/mol. The highest BCUT2D eigenvalue weighted by atomic mass is 35.5. The van der Waals surface area contributed by atoms with Gasteiger partial charge in [0, 0.05) is 5.02 Å². The Balaban J connectivity index is 2.11. The molecule has 1 aliphatic rings. The van der Waals surface area contributed by atoms with Crippen LogP contribution in [0.25, 0.3) is 6.08 Å². The van der Waals surface area contributed by atoms with E-state index in [1.807, 2.05) is 6.26 Å². The van der Waals surface area contributed by atoms with Gasteiger partial charge in [0.05, 0.1) is 24.0 Å². The van der Waals surface area contributed by atoms with Crippen LogP contribution < -0.4 is 0 Å². The van der Waals surface area contributed by atoms with E-state index in [1.54, 1.807) is 36.0 Å². The summed E-state index contributed by atoms with van der Waals surface area (Å²) < 4.78 is 50.0. The third-order valence-corrected chi connectivity index (χ3v) is 4.39. The lowest BCUT2D eigenvalue weighted by molar-refractivity contribution is -0.150. The van der Waals surface area contributed by atoms with E-state index >= 15 is 0 Å². The zero-order valence-electron chi connectivity index (χ0n) is 12.3. The summed E-state index contributed by atoms with van der Waals surface area (Å²) in [6.45, 7) is 0.739. The van der Waals surface area contributed by atoms with E-state index in [1.165, 1.54) is 6.08 Å². The first-order valence-corrected chi connectivity index (χ1v) is 8.54. The standard InChI is InChI=1S/C16H16ClF3O2S/c1-23-14-9-21-15(22-10-14)8-12(16(18,19)20)5-2-11-3-6-13(17)7-4-11/h2-8,14-15H,9-10H2,1H3. The lowest BCUT2D eigenvalue weighted by Crippen LogP contribution is -2.33. The third-order valence-electron chi connectivity index (χ3n) is 3.19. The Labute approximate surface area is 142 Å². The number of thioether (sulfide) groups is 1. The summed E-state index contributed by atoms with van der Waals surface area (Å²) in [4.78, 5) is 0. The molecule has 0 aliphatic carbocycles. The summed E-state index contributed by atoms with van der Waals surface area (Å²) in [7, 11) is 0. The predicted molar refractivity (Wildman–Crippen MR) is 87.6 cm³/mol. The van der Waals surface area contributed by atoms with Crippen LogP contribution in [0.1, 0.15) is 5.56 Å². The van der Waals surface area contributed by atoms with Crippen molar-refractivity contribution < 1.29 is 22.6 Å². The van der Waals surface area contributed by atoms with Gasteiger partial charge in [-0.3, -0.25) is 0 Å². The van der Waals surface area contributed by atoms with Crippen molar-refractivity contribution in [2.24, 2.45) is 0 Å². The molecular formula is C16H16ClF3O2S. The van der Waals surface area contributed by atoms with Crippen LogP contribution in [-0.4, -0.2) is 37.2 Å². The second-order valence-electron chi connectivity index (χ2n) is 4.90. The smallest absolute Gasteiger partial charge is 0.348 e. The highest BCUT2D eigenvalue weighted by Crippen LogP contribution is 2.29. The fourth-order valence-corrected chi connectivity index (χ4v) is 2.44. The molecule has 7 heteroatoms. The van der Waals surface area contributed by atoms with Crippen molar-refractivity contribution in [3.63, 3.8) is 0 Å². The van der Waals surface area contributed by atoms with Crippen LogP contribution in [0.3, 0.4) is 0 Å². The predicted octanol–water partition coefficient (Wildman–Crippen LogP) is 4.95. The van der Waals surface area contributed by atoms with Crippen LogP contribution in [-0.2, 0) is 9.47 Å². The molecule has 0 bridgehead atoms. The molecule has 0 amide bonds. The number of alkyl halides is 3. The lowest BCUT2D eigenvalue weighted by atomic mass is 10.1. The van der Waals surface area contributed by atoms with E-state index in [2.05, 4.69) is 0 Å². The van der Waals surface area contributed by atoms with Gasteiger partial charge in [-0.2, -0.15) is 24.9 Å². The molecule has 0 spiro atoms. The van der Waals surface area contributed by atoms with Crippen molar-refractivity contribution >= 4 is 29.4 Å². The van der Waals surface area contributed by atoms with Crippen LogP contribution in [0.4, 0.5) is 13.2 Å². The Morgan fingerprint density at radius 1 is 1.22 bits per heavy atom. The largest absolute Gasteiger partial charge is 0.416 e. The summed E-state index contributed by atoms with van der Waals surface area (Å²) >= 11 is 7.31. The monoisotopic (exact) mass is 364 g/mol. The second-order valence-corrected chi connectivity index (χ2v) is 6.47.